The molecule has 0 spiro atoms. The first-order valence-electron chi connectivity index (χ1n) is 10.6. The molecule has 32 heavy (non-hydrogen) atoms. The summed E-state index contributed by atoms with van der Waals surface area (Å²) < 4.78 is 38.3. The molecule has 4 rings (SSSR count). The highest BCUT2D eigenvalue weighted by Gasteiger charge is 2.30. The first-order valence-corrected chi connectivity index (χ1v) is 12.1. The van der Waals surface area contributed by atoms with E-state index in [2.05, 4.69) is 31.7 Å². The number of nitrogens with zero attached hydrogens (tertiary/aromatic N) is 6. The SMILES string of the molecule is COc1ccc(S(=O)(=O)N2CCN(c3cc(N4CCN(C)CC4)ncn3)CC2)cc1OC. The van der Waals surface area contributed by atoms with Gasteiger partial charge in [-0.1, -0.05) is 0 Å². The predicted molar refractivity (Wildman–Crippen MR) is 122 cm³/mol. The van der Waals surface area contributed by atoms with Crippen LogP contribution in [0.4, 0.5) is 11.6 Å². The molecule has 0 aliphatic carbocycles. The van der Waals surface area contributed by atoms with Crippen molar-refractivity contribution in [3.8, 4) is 11.5 Å². The van der Waals surface area contributed by atoms with Crippen LogP contribution in [0.25, 0.3) is 0 Å². The van der Waals surface area contributed by atoms with Crippen molar-refractivity contribution >= 4 is 21.7 Å². The second-order valence-electron chi connectivity index (χ2n) is 7.93. The van der Waals surface area contributed by atoms with E-state index < -0.39 is 10.0 Å². The summed E-state index contributed by atoms with van der Waals surface area (Å²) >= 11 is 0. The highest BCUT2D eigenvalue weighted by atomic mass is 32.2. The maximum atomic E-state index is 13.2. The molecule has 0 bridgehead atoms. The summed E-state index contributed by atoms with van der Waals surface area (Å²) in [6.45, 7) is 5.76. The summed E-state index contributed by atoms with van der Waals surface area (Å²) in [5, 5.41) is 0. The number of ether oxygens (including phenoxy) is 2. The fourth-order valence-corrected chi connectivity index (χ4v) is 5.44. The van der Waals surface area contributed by atoms with Gasteiger partial charge in [0.25, 0.3) is 0 Å². The average molecular weight is 463 g/mol. The van der Waals surface area contributed by atoms with Crippen molar-refractivity contribution in [3.05, 3.63) is 30.6 Å². The Hall–Kier alpha value is -2.63. The van der Waals surface area contributed by atoms with Crippen LogP contribution in [0.1, 0.15) is 0 Å². The third kappa shape index (κ3) is 4.59. The largest absolute Gasteiger partial charge is 0.493 e. The molecule has 174 valence electrons. The van der Waals surface area contributed by atoms with Gasteiger partial charge >= 0.3 is 0 Å². The van der Waals surface area contributed by atoms with Crippen molar-refractivity contribution in [1.82, 2.24) is 19.2 Å². The van der Waals surface area contributed by atoms with E-state index in [0.717, 1.165) is 37.8 Å². The van der Waals surface area contributed by atoms with Gasteiger partial charge in [-0.3, -0.25) is 0 Å². The van der Waals surface area contributed by atoms with Crippen LogP contribution >= 0.6 is 0 Å². The number of methoxy groups -OCH3 is 2. The third-order valence-electron chi connectivity index (χ3n) is 6.02. The molecule has 2 aromatic rings. The van der Waals surface area contributed by atoms with E-state index in [4.69, 9.17) is 9.47 Å². The quantitative estimate of drug-likeness (QED) is 0.617. The summed E-state index contributed by atoms with van der Waals surface area (Å²) in [5.74, 6) is 2.64. The van der Waals surface area contributed by atoms with Crippen molar-refractivity contribution in [2.45, 2.75) is 4.90 Å². The van der Waals surface area contributed by atoms with Crippen molar-refractivity contribution in [2.24, 2.45) is 0 Å². The summed E-state index contributed by atoms with van der Waals surface area (Å²) in [6, 6.07) is 6.68. The number of rotatable bonds is 6. The lowest BCUT2D eigenvalue weighted by Gasteiger charge is -2.36. The molecule has 0 radical (unpaired) electrons. The lowest BCUT2D eigenvalue weighted by atomic mass is 10.3. The molecular weight excluding hydrogens is 432 g/mol. The number of hydrogen-bond donors (Lipinski definition) is 0. The van der Waals surface area contributed by atoms with E-state index in [1.807, 2.05) is 6.07 Å². The number of benzene rings is 1. The molecule has 0 amide bonds. The van der Waals surface area contributed by atoms with Gasteiger partial charge in [-0.15, -0.1) is 0 Å². The van der Waals surface area contributed by atoms with Crippen LogP contribution < -0.4 is 19.3 Å². The molecule has 0 atom stereocenters. The van der Waals surface area contributed by atoms with Crippen LogP contribution in [0.3, 0.4) is 0 Å². The van der Waals surface area contributed by atoms with Gasteiger partial charge in [0.05, 0.1) is 19.1 Å². The van der Waals surface area contributed by atoms with E-state index in [1.54, 1.807) is 18.5 Å². The lowest BCUT2D eigenvalue weighted by Crippen LogP contribution is -2.49. The molecule has 2 aliphatic rings. The van der Waals surface area contributed by atoms with Crippen LogP contribution in [-0.4, -0.2) is 101 Å². The molecule has 1 aromatic heterocycles. The van der Waals surface area contributed by atoms with E-state index in [1.165, 1.54) is 24.6 Å². The number of piperazine rings is 2. The second kappa shape index (κ2) is 9.47. The molecule has 2 aliphatic heterocycles. The van der Waals surface area contributed by atoms with E-state index in [-0.39, 0.29) is 4.90 Å². The number of sulfonamides is 1. The topological polar surface area (TPSA) is 91.3 Å². The van der Waals surface area contributed by atoms with Crippen LogP contribution in [0.5, 0.6) is 11.5 Å². The monoisotopic (exact) mass is 462 g/mol. The van der Waals surface area contributed by atoms with Crippen molar-refractivity contribution in [3.63, 3.8) is 0 Å². The molecule has 0 unspecified atom stereocenters. The van der Waals surface area contributed by atoms with Crippen LogP contribution in [0, 0.1) is 0 Å². The van der Waals surface area contributed by atoms with Gasteiger partial charge in [0.15, 0.2) is 11.5 Å². The highest BCUT2D eigenvalue weighted by molar-refractivity contribution is 7.89. The van der Waals surface area contributed by atoms with Gasteiger partial charge in [0, 0.05) is 64.5 Å². The lowest BCUT2D eigenvalue weighted by molar-refractivity contribution is 0.312. The Balaban J connectivity index is 1.43. The highest BCUT2D eigenvalue weighted by Crippen LogP contribution is 2.31. The number of anilines is 2. The summed E-state index contributed by atoms with van der Waals surface area (Å²) in [6.07, 6.45) is 1.59. The van der Waals surface area contributed by atoms with Gasteiger partial charge in [-0.2, -0.15) is 4.31 Å². The van der Waals surface area contributed by atoms with Gasteiger partial charge in [0.2, 0.25) is 10.0 Å². The molecule has 2 fully saturated rings. The maximum absolute atomic E-state index is 13.2. The molecule has 1 aromatic carbocycles. The van der Waals surface area contributed by atoms with Crippen molar-refractivity contribution < 1.29 is 17.9 Å². The Morgan fingerprint density at radius 1 is 0.781 bits per heavy atom. The zero-order valence-corrected chi connectivity index (χ0v) is 19.6. The maximum Gasteiger partial charge on any atom is 0.243 e. The van der Waals surface area contributed by atoms with Crippen LogP contribution in [0.2, 0.25) is 0 Å². The normalized spacial score (nSPS) is 18.6. The fraction of sp³-hybridized carbons (Fsp3) is 0.524. The van der Waals surface area contributed by atoms with E-state index in [0.29, 0.717) is 37.7 Å². The second-order valence-corrected chi connectivity index (χ2v) is 9.87. The molecule has 2 saturated heterocycles. The molecular formula is C21H30N6O4S. The van der Waals surface area contributed by atoms with Crippen LogP contribution in [0.15, 0.2) is 35.5 Å². The minimum atomic E-state index is -3.63. The minimum Gasteiger partial charge on any atom is -0.493 e. The first-order chi connectivity index (χ1) is 15.4. The van der Waals surface area contributed by atoms with E-state index >= 15 is 0 Å². The molecule has 0 N–H and O–H groups in total. The van der Waals surface area contributed by atoms with Gasteiger partial charge < -0.3 is 24.2 Å². The van der Waals surface area contributed by atoms with Gasteiger partial charge in [0.1, 0.15) is 18.0 Å². The Morgan fingerprint density at radius 2 is 1.34 bits per heavy atom. The predicted octanol–water partition coefficient (Wildman–Crippen LogP) is 0.757. The summed E-state index contributed by atoms with van der Waals surface area (Å²) in [5.41, 5.74) is 0. The van der Waals surface area contributed by atoms with Crippen molar-refractivity contribution in [2.75, 3.05) is 83.4 Å². The van der Waals surface area contributed by atoms with Crippen molar-refractivity contribution in [1.29, 1.82) is 0 Å². The van der Waals surface area contributed by atoms with Gasteiger partial charge in [-0.05, 0) is 19.2 Å². The fourth-order valence-electron chi connectivity index (χ4n) is 4.00. The molecule has 10 nitrogen and oxygen atoms in total. The number of likely N-dealkylation sites (N-methyl/N-ethyl adjacent to an activating group) is 1. The Morgan fingerprint density at radius 3 is 1.91 bits per heavy atom. The van der Waals surface area contributed by atoms with Gasteiger partial charge in [-0.25, -0.2) is 18.4 Å². The number of aromatic nitrogens is 2. The third-order valence-corrected chi connectivity index (χ3v) is 7.92. The first kappa shape index (κ1) is 22.6. The zero-order chi connectivity index (χ0) is 22.7. The molecule has 11 heteroatoms. The minimum absolute atomic E-state index is 0.197. The van der Waals surface area contributed by atoms with Crippen LogP contribution in [-0.2, 0) is 10.0 Å². The Kier molecular flexibility index (Phi) is 6.68. The summed E-state index contributed by atoms with van der Waals surface area (Å²) in [4.78, 5) is 15.8. The number of hydrogen-bond acceptors (Lipinski definition) is 9. The Labute approximate surface area is 189 Å². The zero-order valence-electron chi connectivity index (χ0n) is 18.8. The Bertz CT molecular complexity index is 1030. The smallest absolute Gasteiger partial charge is 0.243 e. The molecule has 0 saturated carbocycles. The summed E-state index contributed by atoms with van der Waals surface area (Å²) in [7, 11) is 1.51. The average Bonchev–Trinajstić information content (AvgIpc) is 2.84. The van der Waals surface area contributed by atoms with E-state index in [9.17, 15) is 8.42 Å². The standard InChI is InChI=1S/C21H30N6O4S/c1-24-6-8-25(9-7-24)20-15-21(23-16-22-20)26-10-12-27(13-11-26)32(28,29)17-4-5-18(30-2)19(14-17)31-3/h4-5,14-16H,6-13H2,1-3H3. The molecule has 3 heterocycles.